The number of aromatic nitrogens is 2. The van der Waals surface area contributed by atoms with Gasteiger partial charge in [-0.25, -0.2) is 4.79 Å². The molecule has 116 valence electrons. The van der Waals surface area contributed by atoms with Crippen molar-refractivity contribution in [2.24, 2.45) is 5.92 Å². The summed E-state index contributed by atoms with van der Waals surface area (Å²) in [5.74, 6) is -1.25. The first-order chi connectivity index (χ1) is 9.86. The van der Waals surface area contributed by atoms with Crippen LogP contribution in [0.1, 0.15) is 31.4 Å². The molecule has 1 fully saturated rings. The first kappa shape index (κ1) is 15.5. The molecule has 1 aromatic heterocycles. The van der Waals surface area contributed by atoms with E-state index < -0.39 is 18.1 Å². The van der Waals surface area contributed by atoms with E-state index in [0.29, 0.717) is 24.2 Å². The van der Waals surface area contributed by atoms with E-state index in [1.807, 2.05) is 0 Å². The third kappa shape index (κ3) is 4.30. The predicted octanol–water partition coefficient (Wildman–Crippen LogP) is 3.03. The van der Waals surface area contributed by atoms with Crippen molar-refractivity contribution in [3.8, 4) is 0 Å². The maximum atomic E-state index is 12.6. The highest BCUT2D eigenvalue weighted by Crippen LogP contribution is 2.37. The van der Waals surface area contributed by atoms with E-state index in [9.17, 15) is 18.0 Å². The van der Waals surface area contributed by atoms with Crippen LogP contribution >= 0.6 is 0 Å². The van der Waals surface area contributed by atoms with Gasteiger partial charge in [0.05, 0.1) is 23.5 Å². The van der Waals surface area contributed by atoms with Crippen LogP contribution < -0.4 is 10.6 Å². The van der Waals surface area contributed by atoms with Crippen LogP contribution in [0.15, 0.2) is 12.3 Å². The average molecular weight is 302 g/mol. The largest absolute Gasteiger partial charge is 0.391 e. The van der Waals surface area contributed by atoms with Crippen LogP contribution in [-0.2, 0) is 0 Å². The van der Waals surface area contributed by atoms with Gasteiger partial charge in [-0.05, 0) is 38.7 Å². The lowest BCUT2D eigenvalue weighted by Crippen LogP contribution is -2.42. The van der Waals surface area contributed by atoms with Crippen LogP contribution in [0.4, 0.5) is 23.7 Å². The van der Waals surface area contributed by atoms with Gasteiger partial charge < -0.3 is 10.6 Å². The maximum absolute atomic E-state index is 12.6. The Labute approximate surface area is 120 Å². The van der Waals surface area contributed by atoms with Gasteiger partial charge in [0.2, 0.25) is 0 Å². The van der Waals surface area contributed by atoms with E-state index in [2.05, 4.69) is 20.8 Å². The molecule has 8 heteroatoms. The zero-order valence-electron chi connectivity index (χ0n) is 11.6. The van der Waals surface area contributed by atoms with Gasteiger partial charge in [-0.15, -0.1) is 0 Å². The molecular weight excluding hydrogens is 285 g/mol. The van der Waals surface area contributed by atoms with Crippen LogP contribution in [0.2, 0.25) is 0 Å². The number of carbonyl (C=O) groups is 1. The highest BCUT2D eigenvalue weighted by molar-refractivity contribution is 5.89. The van der Waals surface area contributed by atoms with Gasteiger partial charge in [0.25, 0.3) is 0 Å². The van der Waals surface area contributed by atoms with E-state index in [0.717, 1.165) is 0 Å². The number of carbonyl (C=O) groups excluding carboxylic acids is 1. The number of hydrogen-bond acceptors (Lipinski definition) is 3. The van der Waals surface area contributed by atoms with Gasteiger partial charge in [0, 0.05) is 6.04 Å². The number of alkyl halides is 3. The van der Waals surface area contributed by atoms with E-state index >= 15 is 0 Å². The summed E-state index contributed by atoms with van der Waals surface area (Å²) < 4.78 is 37.7. The van der Waals surface area contributed by atoms with Crippen molar-refractivity contribution in [2.75, 3.05) is 5.32 Å². The summed E-state index contributed by atoms with van der Waals surface area (Å²) in [6.07, 6.45) is -1.88. The van der Waals surface area contributed by atoms with Gasteiger partial charge >= 0.3 is 12.2 Å². The molecule has 0 unspecified atom stereocenters. The highest BCUT2D eigenvalue weighted by Gasteiger charge is 2.41. The molecular formula is C13H17F3N4O. The molecule has 21 heavy (non-hydrogen) atoms. The fourth-order valence-electron chi connectivity index (χ4n) is 2.44. The molecule has 1 aromatic rings. The Kier molecular flexibility index (Phi) is 4.64. The number of halogens is 3. The molecule has 0 aliphatic heterocycles. The molecule has 0 spiro atoms. The van der Waals surface area contributed by atoms with Crippen molar-refractivity contribution < 1.29 is 18.0 Å². The normalized spacial score (nSPS) is 22.7. The first-order valence-electron chi connectivity index (χ1n) is 6.79. The summed E-state index contributed by atoms with van der Waals surface area (Å²) in [6.45, 7) is 1.71. The molecule has 0 radical (unpaired) electrons. The summed E-state index contributed by atoms with van der Waals surface area (Å²) in [4.78, 5) is 11.8. The molecule has 1 heterocycles. The quantitative estimate of drug-likeness (QED) is 0.882. The summed E-state index contributed by atoms with van der Waals surface area (Å²) in [5.41, 5.74) is 1.11. The van der Waals surface area contributed by atoms with Gasteiger partial charge in [-0.1, -0.05) is 0 Å². The second-order valence-electron chi connectivity index (χ2n) is 5.22. The number of nitrogens with zero attached hydrogens (tertiary/aromatic N) is 2. The van der Waals surface area contributed by atoms with E-state index in [1.54, 1.807) is 13.0 Å². The van der Waals surface area contributed by atoms with Crippen molar-refractivity contribution in [3.63, 3.8) is 0 Å². The van der Waals surface area contributed by atoms with Crippen LogP contribution in [-0.4, -0.2) is 28.4 Å². The smallest absolute Gasteiger partial charge is 0.335 e. The molecule has 1 aliphatic carbocycles. The number of aryl methyl sites for hydroxylation is 1. The third-order valence-electron chi connectivity index (χ3n) is 3.68. The minimum Gasteiger partial charge on any atom is -0.335 e. The number of urea groups is 1. The Morgan fingerprint density at radius 2 is 1.95 bits per heavy atom. The number of rotatable bonds is 2. The Bertz CT molecular complexity index is 498. The Hall–Kier alpha value is -1.86. The lowest BCUT2D eigenvalue weighted by Gasteiger charge is -2.30. The fraction of sp³-hybridized carbons (Fsp3) is 0.615. The van der Waals surface area contributed by atoms with Crippen molar-refractivity contribution in [1.29, 1.82) is 0 Å². The minimum atomic E-state index is -4.13. The Morgan fingerprint density at radius 1 is 1.29 bits per heavy atom. The minimum absolute atomic E-state index is 0.0598. The van der Waals surface area contributed by atoms with E-state index in [4.69, 9.17) is 0 Å². The van der Waals surface area contributed by atoms with Crippen molar-refractivity contribution in [2.45, 2.75) is 44.8 Å². The lowest BCUT2D eigenvalue weighted by molar-refractivity contribution is -0.182. The Balaban J connectivity index is 1.81. The molecule has 1 saturated carbocycles. The van der Waals surface area contributed by atoms with Crippen LogP contribution in [0.3, 0.4) is 0 Å². The van der Waals surface area contributed by atoms with Crippen LogP contribution in [0.25, 0.3) is 0 Å². The monoisotopic (exact) mass is 302 g/mol. The fourth-order valence-corrected chi connectivity index (χ4v) is 2.44. The highest BCUT2D eigenvalue weighted by atomic mass is 19.4. The molecule has 5 nitrogen and oxygen atoms in total. The zero-order valence-corrected chi connectivity index (χ0v) is 11.6. The molecule has 2 N–H and O–H groups in total. The molecule has 0 atom stereocenters. The van der Waals surface area contributed by atoms with E-state index in [-0.39, 0.29) is 18.9 Å². The lowest BCUT2D eigenvalue weighted by atomic mass is 9.86. The van der Waals surface area contributed by atoms with Crippen molar-refractivity contribution in [3.05, 3.63) is 18.0 Å². The van der Waals surface area contributed by atoms with Crippen molar-refractivity contribution >= 4 is 11.7 Å². The number of amides is 2. The first-order valence-corrected chi connectivity index (χ1v) is 6.79. The topological polar surface area (TPSA) is 66.9 Å². The molecule has 0 saturated heterocycles. The summed E-state index contributed by atoms with van der Waals surface area (Å²) >= 11 is 0. The Morgan fingerprint density at radius 3 is 2.52 bits per heavy atom. The van der Waals surface area contributed by atoms with Gasteiger partial charge in [0.15, 0.2) is 0 Å². The summed E-state index contributed by atoms with van der Waals surface area (Å²) in [5, 5.41) is 12.8. The second kappa shape index (κ2) is 6.28. The van der Waals surface area contributed by atoms with Gasteiger partial charge in [0.1, 0.15) is 0 Å². The molecule has 2 amide bonds. The summed E-state index contributed by atoms with van der Waals surface area (Å²) in [6, 6.07) is 0.961. The molecule has 1 aliphatic rings. The van der Waals surface area contributed by atoms with Crippen molar-refractivity contribution in [1.82, 2.24) is 15.5 Å². The van der Waals surface area contributed by atoms with Crippen LogP contribution in [0.5, 0.6) is 0 Å². The van der Waals surface area contributed by atoms with Gasteiger partial charge in [-0.3, -0.25) is 0 Å². The van der Waals surface area contributed by atoms with E-state index in [1.165, 1.54) is 6.20 Å². The third-order valence-corrected chi connectivity index (χ3v) is 3.68. The number of hydrogen-bond donors (Lipinski definition) is 2. The molecule has 0 bridgehead atoms. The summed E-state index contributed by atoms with van der Waals surface area (Å²) in [7, 11) is 0. The second-order valence-corrected chi connectivity index (χ2v) is 5.22. The maximum Gasteiger partial charge on any atom is 0.391 e. The number of anilines is 1. The zero-order chi connectivity index (χ0) is 15.5. The number of nitrogens with one attached hydrogen (secondary N) is 2. The average Bonchev–Trinajstić information content (AvgIpc) is 2.41. The standard InChI is InChI=1S/C13H17F3N4O/c1-8-11(6-7-17-20-8)19-12(21)18-10-4-2-9(3-5-10)13(14,15)16/h6-7,9-10H,2-5H2,1H3,(H2,17,18,19,21). The molecule has 0 aromatic carbocycles. The SMILES string of the molecule is Cc1nnccc1NC(=O)NC1CCC(C(F)(F)F)CC1. The predicted molar refractivity (Wildman–Crippen MR) is 70.7 cm³/mol. The van der Waals surface area contributed by atoms with Crippen LogP contribution in [0, 0.1) is 12.8 Å². The van der Waals surface area contributed by atoms with Gasteiger partial charge in [-0.2, -0.15) is 23.4 Å². The molecule has 2 rings (SSSR count).